The zero-order valence-corrected chi connectivity index (χ0v) is 61.0. The van der Waals surface area contributed by atoms with Gasteiger partial charge < -0.3 is 244 Å². The SMILES string of the molecule is CCCCCC(N)=O.COC(=O)N[C@H]1[C@H](O[C@H]2[C@H](O)[C@@H](N)[C@H](O[C@H]3[C@H](O)[C@@H](N)[C@H](O)O[C@@H]3CO)O[C@@H]2CO)O[C@H](CO)[C@@H](O[C@@H]2O[C@H](CO)[C@@H](O[C@@H]3O[C@H](CO)[C@@H](O[C@@H]4O[C@H](CO)[C@@H](O[C@@H]5O[C@H](CO)[C@@H](O[C@@H]6O[C@H](CO)[C@@H](O[C@@H]7O[C@H](CO)[C@@H](O)[C@H](O)[C@H]7N)[C@H](O)[C@H]6N)[C@H](O)[C@H]5N)[C@H](O)[C@H]4N)[C@H](O)[C@H]3N)[C@H](O)[C@H]2N)[C@@H]1O. The quantitative estimate of drug-likeness (QED) is 0.0297. The van der Waals surface area contributed by atoms with E-state index in [0.717, 1.165) is 26.4 Å². The van der Waals surface area contributed by atoms with Crippen LogP contribution in [0.25, 0.3) is 0 Å². The molecule has 0 aromatic rings. The van der Waals surface area contributed by atoms with E-state index in [1.54, 1.807) is 0 Å². The van der Waals surface area contributed by atoms with Crippen molar-refractivity contribution in [1.82, 2.24) is 5.32 Å². The topological polar surface area (TPSA) is 851 Å². The van der Waals surface area contributed by atoms with Crippen molar-refractivity contribution >= 4 is 12.0 Å². The summed E-state index contributed by atoms with van der Waals surface area (Å²) in [7, 11) is 0.957. The van der Waals surface area contributed by atoms with Gasteiger partial charge in [-0.15, -0.1) is 0 Å². The van der Waals surface area contributed by atoms with Crippen molar-refractivity contribution in [2.45, 2.75) is 308 Å². The third kappa shape index (κ3) is 21.2. The first-order valence-corrected chi connectivity index (χ1v) is 36.4. The van der Waals surface area contributed by atoms with Crippen LogP contribution in [0.3, 0.4) is 0 Å². The highest BCUT2D eigenvalue weighted by Gasteiger charge is 2.60. The molecule has 9 rings (SSSR count). The summed E-state index contributed by atoms with van der Waals surface area (Å²) < 4.78 is 104. The van der Waals surface area contributed by atoms with Gasteiger partial charge in [-0.2, -0.15) is 0 Å². The number of primary amides is 1. The fourth-order valence-corrected chi connectivity index (χ4v) is 14.3. The molecule has 0 bridgehead atoms. The first kappa shape index (κ1) is 94.4. The van der Waals surface area contributed by atoms with E-state index in [1.165, 1.54) is 0 Å². The van der Waals surface area contributed by atoms with Gasteiger partial charge >= 0.3 is 6.09 Å². The van der Waals surface area contributed by atoms with Crippen LogP contribution in [-0.4, -0.2) is 456 Å². The van der Waals surface area contributed by atoms with Crippen LogP contribution in [-0.2, 0) is 90.1 Å². The van der Waals surface area contributed by atoms with Crippen LogP contribution >= 0.6 is 0 Å². The second-order valence-electron chi connectivity index (χ2n) is 28.5. The predicted molar refractivity (Wildman–Crippen MR) is 359 cm³/mol. The summed E-state index contributed by atoms with van der Waals surface area (Å²) in [5, 5.41) is 219. The first-order chi connectivity index (χ1) is 53.2. The van der Waals surface area contributed by atoms with Crippen molar-refractivity contribution in [3.05, 3.63) is 0 Å². The highest BCUT2D eigenvalue weighted by atomic mass is 16.8. The predicted octanol–water partition coefficient (Wildman–Crippen LogP) is -19.5. The normalized spacial score (nSPS) is 48.9. The van der Waals surface area contributed by atoms with Gasteiger partial charge in [-0.3, -0.25) is 4.79 Å². The minimum absolute atomic E-state index is 0.182. The van der Waals surface area contributed by atoms with Crippen LogP contribution in [0.4, 0.5) is 4.79 Å². The Kier molecular flexibility index (Phi) is 36.0. The molecule has 39 N–H and O–H groups in total. The summed E-state index contributed by atoms with van der Waals surface area (Å²) >= 11 is 0. The molecular formula is C62H116N10O40. The number of carbonyl (C=O) groups excluding carboxylic acids is 2. The lowest BCUT2D eigenvalue weighted by molar-refractivity contribution is -0.372. The molecule has 654 valence electrons. The largest absolute Gasteiger partial charge is 0.453 e. The Labute approximate surface area is 639 Å². The van der Waals surface area contributed by atoms with Crippen molar-refractivity contribution in [1.29, 1.82) is 0 Å². The van der Waals surface area contributed by atoms with Crippen molar-refractivity contribution in [3.63, 3.8) is 0 Å². The molecule has 0 aromatic carbocycles. The number of aliphatic hydroxyl groups is 20. The van der Waals surface area contributed by atoms with E-state index in [-0.39, 0.29) is 5.91 Å². The Hall–Kier alpha value is -3.06. The van der Waals surface area contributed by atoms with Gasteiger partial charge in [0, 0.05) is 6.42 Å². The molecule has 9 heterocycles. The number of ether oxygens (including phenoxy) is 18. The molecule has 0 aliphatic carbocycles. The van der Waals surface area contributed by atoms with E-state index in [0.29, 0.717) is 6.42 Å². The van der Waals surface area contributed by atoms with Gasteiger partial charge in [-0.25, -0.2) is 4.79 Å². The van der Waals surface area contributed by atoms with Crippen LogP contribution in [0.2, 0.25) is 0 Å². The van der Waals surface area contributed by atoms with Gasteiger partial charge in [-0.1, -0.05) is 19.8 Å². The van der Waals surface area contributed by atoms with Gasteiger partial charge in [0.15, 0.2) is 56.6 Å². The Bertz CT molecular complexity index is 2800. The zero-order valence-electron chi connectivity index (χ0n) is 61.0. The minimum Gasteiger partial charge on any atom is -0.453 e. The van der Waals surface area contributed by atoms with Crippen molar-refractivity contribution < 1.29 is 197 Å². The molecule has 50 nitrogen and oxygen atoms in total. The molecule has 9 aliphatic rings. The number of hydrogen-bond acceptors (Lipinski definition) is 48. The fourth-order valence-electron chi connectivity index (χ4n) is 14.3. The maximum Gasteiger partial charge on any atom is 0.407 e. The summed E-state index contributed by atoms with van der Waals surface area (Å²) in [6, 6.07) is -14.6. The maximum atomic E-state index is 12.8. The number of nitrogens with one attached hydrogen (secondary N) is 1. The second kappa shape index (κ2) is 42.7. The second-order valence-corrected chi connectivity index (χ2v) is 28.5. The average Bonchev–Trinajstić information content (AvgIpc) is 0.772. The lowest BCUT2D eigenvalue weighted by Gasteiger charge is -2.51. The fraction of sp³-hybridized carbons (Fsp3) is 0.968. The Balaban J connectivity index is 0.00000186. The summed E-state index contributed by atoms with van der Waals surface area (Å²) in [6.45, 7) is -6.15. The first-order valence-electron chi connectivity index (χ1n) is 36.4. The van der Waals surface area contributed by atoms with E-state index in [2.05, 4.69) is 12.2 Å². The molecule has 0 spiro atoms. The summed E-state index contributed by atoms with van der Waals surface area (Å²) in [4.78, 5) is 22.9. The number of nitrogens with two attached hydrogens (primary N) is 9. The van der Waals surface area contributed by atoms with Gasteiger partial charge in [0.1, 0.15) is 171 Å². The molecule has 0 unspecified atom stereocenters. The Morgan fingerprint density at radius 3 is 0.777 bits per heavy atom. The molecule has 0 radical (unpaired) electrons. The number of aliphatic hydroxyl groups excluding tert-OH is 20. The number of rotatable bonds is 30. The van der Waals surface area contributed by atoms with Crippen molar-refractivity contribution in [2.75, 3.05) is 66.6 Å². The molecular weight excluding hydrogens is 1520 g/mol. The van der Waals surface area contributed by atoms with Crippen molar-refractivity contribution in [3.8, 4) is 0 Å². The number of hydrogen-bond donors (Lipinski definition) is 30. The third-order valence-electron chi connectivity index (χ3n) is 20.9. The molecule has 0 saturated carbocycles. The number of amides is 2. The van der Waals surface area contributed by atoms with E-state index >= 15 is 0 Å². The van der Waals surface area contributed by atoms with Gasteiger partial charge in [0.05, 0.1) is 115 Å². The molecule has 0 aromatic heterocycles. The summed E-state index contributed by atoms with van der Waals surface area (Å²) in [5.74, 6) is -0.182. The van der Waals surface area contributed by atoms with E-state index in [1.807, 2.05) is 0 Å². The van der Waals surface area contributed by atoms with Gasteiger partial charge in [0.25, 0.3) is 0 Å². The monoisotopic (exact) mass is 1640 g/mol. The molecule has 9 fully saturated rings. The maximum absolute atomic E-state index is 12.8. The third-order valence-corrected chi connectivity index (χ3v) is 20.9. The van der Waals surface area contributed by atoms with Crippen LogP contribution in [0.15, 0.2) is 0 Å². The standard InChI is InChI=1S/C56H103N9O39.C6H13NO/c1-87-56(86)65-28-38(84)46(19(10-74)96-55(28)104-45-18(9-73)95-49(27(64)37(45)83)97-39-12(3-67)88-47(85)20(57)31(39)77)103-54-26(63)36(82)44(17(8-72)94-54)102-53-25(62)35(81)43(16(7-71)93-53)101-52-24(61)34(80)42(15(6-70)92-52)100-51-23(60)33(79)41(14(5-69)91-51)99-50-22(59)32(78)40(13(4-68)90-50)98-48-21(58)30(76)29(75)11(2-66)89-48;1-2-3-4-5-6(7)8/h11-55,66-85H,2-10,57-64H2,1H3,(H,65,86);2-5H2,1H3,(H2,7,8)/t11-,12-,13-,14-,15-,16-,17-,18-,19-,20-,21-,22-,23-,24-,25-,26-,27-,28-,29-,30-,31-,32-,33-,34-,35-,36-,37-,38-,39-,40-,41-,42-,43-,44-,45-,46-,47-,48+,49+,50+,51+,52+,53+,54+,55+;/m1./s1. The highest BCUT2D eigenvalue weighted by molar-refractivity contribution is 5.73. The molecule has 112 heavy (non-hydrogen) atoms. The summed E-state index contributed by atoms with van der Waals surface area (Å²) in [5.41, 5.74) is 55.1. The lowest BCUT2D eigenvalue weighted by Crippen LogP contribution is -2.71. The summed E-state index contributed by atoms with van der Waals surface area (Å²) in [6.07, 6.45) is -58.8. The Morgan fingerprint density at radius 1 is 0.304 bits per heavy atom. The number of alkyl carbamates (subject to hydrolysis) is 1. The van der Waals surface area contributed by atoms with E-state index in [4.69, 9.17) is 137 Å². The molecule has 9 saturated heterocycles. The van der Waals surface area contributed by atoms with Gasteiger partial charge in [0.2, 0.25) is 5.91 Å². The average molecular weight is 1640 g/mol. The van der Waals surface area contributed by atoms with E-state index < -0.39 is 341 Å². The van der Waals surface area contributed by atoms with Crippen LogP contribution < -0.4 is 56.9 Å². The number of carbonyl (C=O) groups is 2. The number of unbranched alkanes of at least 4 members (excludes halogenated alkanes) is 2. The molecule has 45 atom stereocenters. The lowest BCUT2D eigenvalue weighted by atomic mass is 9.93. The minimum atomic E-state index is -2.04. The van der Waals surface area contributed by atoms with Crippen LogP contribution in [0.1, 0.15) is 32.6 Å². The highest BCUT2D eigenvalue weighted by Crippen LogP contribution is 2.39. The van der Waals surface area contributed by atoms with Crippen LogP contribution in [0, 0.1) is 0 Å². The zero-order chi connectivity index (χ0) is 82.8. The van der Waals surface area contributed by atoms with Crippen LogP contribution in [0.5, 0.6) is 0 Å². The molecule has 9 aliphatic heterocycles. The van der Waals surface area contributed by atoms with Gasteiger partial charge in [-0.05, 0) is 6.42 Å². The van der Waals surface area contributed by atoms with Crippen molar-refractivity contribution in [2.24, 2.45) is 51.6 Å². The molecule has 50 heteroatoms. The smallest absolute Gasteiger partial charge is 0.407 e. The Morgan fingerprint density at radius 2 is 0.527 bits per heavy atom. The molecule has 2 amide bonds. The van der Waals surface area contributed by atoms with E-state index in [9.17, 15) is 112 Å². The number of methoxy groups -OCH3 is 1.